The van der Waals surface area contributed by atoms with E-state index >= 15 is 0 Å². The van der Waals surface area contributed by atoms with Crippen LogP contribution in [-0.4, -0.2) is 13.1 Å². The molecule has 2 nitrogen and oxygen atoms in total. The van der Waals surface area contributed by atoms with Gasteiger partial charge >= 0.3 is 5.97 Å². The highest BCUT2D eigenvalue weighted by Crippen LogP contribution is 2.06. The lowest BCUT2D eigenvalue weighted by Gasteiger charge is -2.00. The molecule has 0 heterocycles. The van der Waals surface area contributed by atoms with E-state index in [0.29, 0.717) is 12.0 Å². The van der Waals surface area contributed by atoms with Crippen molar-refractivity contribution in [2.24, 2.45) is 0 Å². The van der Waals surface area contributed by atoms with Gasteiger partial charge in [-0.2, -0.15) is 0 Å². The first kappa shape index (κ1) is 9.34. The standard InChI is InChI=1S/C11H10O2/c1-3-5-9-6-4-7-10(8-9)11(12)13-2/h1,4,6-8H,5H2,2H3. The molecule has 0 saturated carbocycles. The average molecular weight is 174 g/mol. The summed E-state index contributed by atoms with van der Waals surface area (Å²) in [6.45, 7) is 0. The highest BCUT2D eigenvalue weighted by molar-refractivity contribution is 5.89. The van der Waals surface area contributed by atoms with E-state index in [-0.39, 0.29) is 5.97 Å². The fourth-order valence-electron chi connectivity index (χ4n) is 1.04. The number of carbonyl (C=O) groups excluding carboxylic acids is 1. The number of terminal acetylenes is 1. The van der Waals surface area contributed by atoms with E-state index in [0.717, 1.165) is 5.56 Å². The number of hydrogen-bond donors (Lipinski definition) is 0. The number of methoxy groups -OCH3 is 1. The molecule has 0 unspecified atom stereocenters. The highest BCUT2D eigenvalue weighted by Gasteiger charge is 2.04. The van der Waals surface area contributed by atoms with Crippen molar-refractivity contribution in [3.63, 3.8) is 0 Å². The molecule has 1 aromatic carbocycles. The van der Waals surface area contributed by atoms with E-state index in [2.05, 4.69) is 10.7 Å². The van der Waals surface area contributed by atoms with Gasteiger partial charge in [-0.25, -0.2) is 4.79 Å². The fraction of sp³-hybridized carbons (Fsp3) is 0.182. The molecule has 1 rings (SSSR count). The smallest absolute Gasteiger partial charge is 0.337 e. The van der Waals surface area contributed by atoms with Crippen LogP contribution in [0.25, 0.3) is 0 Å². The van der Waals surface area contributed by atoms with Crippen LogP contribution in [-0.2, 0) is 11.2 Å². The molecule has 0 aromatic heterocycles. The van der Waals surface area contributed by atoms with Gasteiger partial charge in [0.1, 0.15) is 0 Å². The number of esters is 1. The van der Waals surface area contributed by atoms with E-state index in [1.165, 1.54) is 7.11 Å². The van der Waals surface area contributed by atoms with Crippen LogP contribution in [0, 0.1) is 12.3 Å². The maximum atomic E-state index is 11.1. The molecule has 0 aliphatic carbocycles. The van der Waals surface area contributed by atoms with Crippen molar-refractivity contribution in [2.45, 2.75) is 6.42 Å². The molecule has 0 fully saturated rings. The molecule has 66 valence electrons. The van der Waals surface area contributed by atoms with E-state index in [4.69, 9.17) is 6.42 Å². The van der Waals surface area contributed by atoms with Crippen LogP contribution < -0.4 is 0 Å². The van der Waals surface area contributed by atoms with Crippen molar-refractivity contribution < 1.29 is 9.53 Å². The van der Waals surface area contributed by atoms with Crippen LogP contribution in [0.5, 0.6) is 0 Å². The van der Waals surface area contributed by atoms with Gasteiger partial charge in [-0.1, -0.05) is 12.1 Å². The van der Waals surface area contributed by atoms with Gasteiger partial charge in [-0.15, -0.1) is 12.3 Å². The van der Waals surface area contributed by atoms with Gasteiger partial charge in [0, 0.05) is 6.42 Å². The van der Waals surface area contributed by atoms with Crippen LogP contribution >= 0.6 is 0 Å². The Morgan fingerprint density at radius 1 is 1.62 bits per heavy atom. The summed E-state index contributed by atoms with van der Waals surface area (Å²) >= 11 is 0. The first-order chi connectivity index (χ1) is 6.27. The number of benzene rings is 1. The second kappa shape index (κ2) is 4.32. The monoisotopic (exact) mass is 174 g/mol. The summed E-state index contributed by atoms with van der Waals surface area (Å²) < 4.78 is 4.58. The lowest BCUT2D eigenvalue weighted by atomic mass is 10.1. The predicted molar refractivity (Wildman–Crippen MR) is 50.3 cm³/mol. The molecule has 0 radical (unpaired) electrons. The Kier molecular flexibility index (Phi) is 3.10. The van der Waals surface area contributed by atoms with Gasteiger partial charge in [0.15, 0.2) is 0 Å². The first-order valence-corrected chi connectivity index (χ1v) is 3.88. The zero-order valence-electron chi connectivity index (χ0n) is 7.41. The van der Waals surface area contributed by atoms with Gasteiger partial charge < -0.3 is 4.74 Å². The van der Waals surface area contributed by atoms with Crippen molar-refractivity contribution in [3.8, 4) is 12.3 Å². The summed E-state index contributed by atoms with van der Waals surface area (Å²) in [6, 6.07) is 7.11. The normalized spacial score (nSPS) is 8.92. The number of hydrogen-bond acceptors (Lipinski definition) is 2. The quantitative estimate of drug-likeness (QED) is 0.503. The van der Waals surface area contributed by atoms with Crippen molar-refractivity contribution in [3.05, 3.63) is 35.4 Å². The highest BCUT2D eigenvalue weighted by atomic mass is 16.5. The van der Waals surface area contributed by atoms with Crippen LogP contribution in [0.15, 0.2) is 24.3 Å². The summed E-state index contributed by atoms with van der Waals surface area (Å²) in [6.07, 6.45) is 5.69. The minimum Gasteiger partial charge on any atom is -0.465 e. The molecule has 1 aromatic rings. The topological polar surface area (TPSA) is 26.3 Å². The second-order valence-corrected chi connectivity index (χ2v) is 2.57. The Morgan fingerprint density at radius 2 is 2.38 bits per heavy atom. The second-order valence-electron chi connectivity index (χ2n) is 2.57. The van der Waals surface area contributed by atoms with Crippen molar-refractivity contribution in [1.29, 1.82) is 0 Å². The largest absolute Gasteiger partial charge is 0.465 e. The Bertz CT molecular complexity index is 347. The molecule has 0 aliphatic heterocycles. The molecule has 0 bridgehead atoms. The fourth-order valence-corrected chi connectivity index (χ4v) is 1.04. The van der Waals surface area contributed by atoms with Crippen LogP contribution in [0.1, 0.15) is 15.9 Å². The average Bonchev–Trinajstić information content (AvgIpc) is 2.18. The Morgan fingerprint density at radius 3 is 3.00 bits per heavy atom. The van der Waals surface area contributed by atoms with Crippen molar-refractivity contribution in [1.82, 2.24) is 0 Å². The minimum absolute atomic E-state index is 0.334. The Hall–Kier alpha value is -1.75. The molecule has 13 heavy (non-hydrogen) atoms. The molecule has 0 atom stereocenters. The van der Waals surface area contributed by atoms with Gasteiger partial charge in [0.25, 0.3) is 0 Å². The zero-order valence-corrected chi connectivity index (χ0v) is 7.41. The third-order valence-corrected chi connectivity index (χ3v) is 1.65. The number of carbonyl (C=O) groups is 1. The van der Waals surface area contributed by atoms with E-state index in [1.807, 2.05) is 6.07 Å². The number of rotatable bonds is 2. The van der Waals surface area contributed by atoms with Gasteiger partial charge in [0.2, 0.25) is 0 Å². The molecule has 0 spiro atoms. The van der Waals surface area contributed by atoms with E-state index in [9.17, 15) is 4.79 Å². The lowest BCUT2D eigenvalue weighted by molar-refractivity contribution is 0.0600. The van der Waals surface area contributed by atoms with E-state index < -0.39 is 0 Å². The maximum Gasteiger partial charge on any atom is 0.337 e. The molecule has 2 heteroatoms. The first-order valence-electron chi connectivity index (χ1n) is 3.88. The molecule has 0 saturated heterocycles. The third-order valence-electron chi connectivity index (χ3n) is 1.65. The predicted octanol–water partition coefficient (Wildman–Crippen LogP) is 1.65. The third kappa shape index (κ3) is 2.34. The summed E-state index contributed by atoms with van der Waals surface area (Å²) in [5, 5.41) is 0. The SMILES string of the molecule is C#CCc1cccc(C(=O)OC)c1. The molecule has 0 N–H and O–H groups in total. The van der Waals surface area contributed by atoms with Crippen LogP contribution in [0.4, 0.5) is 0 Å². The van der Waals surface area contributed by atoms with Crippen molar-refractivity contribution in [2.75, 3.05) is 7.11 Å². The lowest BCUT2D eigenvalue weighted by Crippen LogP contribution is -2.01. The zero-order chi connectivity index (χ0) is 9.68. The summed E-state index contributed by atoms with van der Waals surface area (Å²) in [7, 11) is 1.36. The van der Waals surface area contributed by atoms with Gasteiger partial charge in [0.05, 0.1) is 12.7 Å². The van der Waals surface area contributed by atoms with Gasteiger partial charge in [-0.05, 0) is 17.7 Å². The Labute approximate surface area is 77.5 Å². The molecular weight excluding hydrogens is 164 g/mol. The summed E-state index contributed by atoms with van der Waals surface area (Å²) in [5.41, 5.74) is 1.49. The molecular formula is C11H10O2. The molecule has 0 amide bonds. The summed E-state index contributed by atoms with van der Waals surface area (Å²) in [4.78, 5) is 11.1. The van der Waals surface area contributed by atoms with Crippen LogP contribution in [0.3, 0.4) is 0 Å². The van der Waals surface area contributed by atoms with Crippen molar-refractivity contribution >= 4 is 5.97 Å². The number of ether oxygens (including phenoxy) is 1. The van der Waals surface area contributed by atoms with Gasteiger partial charge in [-0.3, -0.25) is 0 Å². The van der Waals surface area contributed by atoms with E-state index in [1.54, 1.807) is 18.2 Å². The van der Waals surface area contributed by atoms with Crippen LogP contribution in [0.2, 0.25) is 0 Å². The minimum atomic E-state index is -0.334. The maximum absolute atomic E-state index is 11.1. The summed E-state index contributed by atoms with van der Waals surface area (Å²) in [5.74, 6) is 2.18. The molecule has 0 aliphatic rings. The Balaban J connectivity index is 2.93.